The predicted molar refractivity (Wildman–Crippen MR) is 83.8 cm³/mol. The monoisotopic (exact) mass is 289 g/mol. The molecule has 21 heavy (non-hydrogen) atoms. The molecule has 0 saturated carbocycles. The SMILES string of the molecule is CCNc1nc(N(CC)CC(C)C)nc(-n2ccnc2)n1. The molecule has 0 amide bonds. The van der Waals surface area contributed by atoms with Gasteiger partial charge < -0.3 is 10.2 Å². The maximum absolute atomic E-state index is 4.57. The van der Waals surface area contributed by atoms with Gasteiger partial charge in [-0.1, -0.05) is 13.8 Å². The van der Waals surface area contributed by atoms with Crippen LogP contribution >= 0.6 is 0 Å². The minimum Gasteiger partial charge on any atom is -0.354 e. The van der Waals surface area contributed by atoms with Gasteiger partial charge in [-0.05, 0) is 19.8 Å². The first-order chi connectivity index (χ1) is 10.1. The third-order valence-electron chi connectivity index (χ3n) is 2.93. The van der Waals surface area contributed by atoms with Gasteiger partial charge in [0.25, 0.3) is 0 Å². The van der Waals surface area contributed by atoms with Crippen LogP contribution in [0.2, 0.25) is 0 Å². The molecule has 0 bridgehead atoms. The number of hydrogen-bond donors (Lipinski definition) is 1. The molecule has 2 aromatic heterocycles. The molecule has 0 saturated heterocycles. The van der Waals surface area contributed by atoms with Crippen LogP contribution in [0.4, 0.5) is 11.9 Å². The third kappa shape index (κ3) is 3.90. The molecule has 7 nitrogen and oxygen atoms in total. The Kier molecular flexibility index (Phi) is 5.08. The molecule has 2 rings (SSSR count). The number of imidazole rings is 1. The van der Waals surface area contributed by atoms with Crippen LogP contribution in [0.5, 0.6) is 0 Å². The molecule has 0 aromatic carbocycles. The van der Waals surface area contributed by atoms with Gasteiger partial charge >= 0.3 is 0 Å². The van der Waals surface area contributed by atoms with E-state index in [1.807, 2.05) is 13.1 Å². The lowest BCUT2D eigenvalue weighted by Crippen LogP contribution is -2.30. The molecular weight excluding hydrogens is 266 g/mol. The number of rotatable bonds is 7. The molecule has 0 fully saturated rings. The van der Waals surface area contributed by atoms with Gasteiger partial charge in [-0.15, -0.1) is 0 Å². The summed E-state index contributed by atoms with van der Waals surface area (Å²) in [6.45, 7) is 11.0. The van der Waals surface area contributed by atoms with Crippen LogP contribution in [-0.2, 0) is 0 Å². The highest BCUT2D eigenvalue weighted by Gasteiger charge is 2.14. The highest BCUT2D eigenvalue weighted by atomic mass is 15.3. The summed E-state index contributed by atoms with van der Waals surface area (Å²) in [5, 5.41) is 3.16. The second-order valence-corrected chi connectivity index (χ2v) is 5.19. The van der Waals surface area contributed by atoms with E-state index in [0.717, 1.165) is 19.6 Å². The quantitative estimate of drug-likeness (QED) is 0.840. The van der Waals surface area contributed by atoms with E-state index in [2.05, 4.69) is 50.9 Å². The van der Waals surface area contributed by atoms with Crippen LogP contribution in [0.3, 0.4) is 0 Å². The van der Waals surface area contributed by atoms with Gasteiger partial charge in [-0.25, -0.2) is 4.98 Å². The summed E-state index contributed by atoms with van der Waals surface area (Å²) in [4.78, 5) is 19.7. The molecule has 0 aliphatic carbocycles. The summed E-state index contributed by atoms with van der Waals surface area (Å²) in [5.74, 6) is 2.41. The molecule has 2 heterocycles. The average Bonchev–Trinajstić information content (AvgIpc) is 2.98. The van der Waals surface area contributed by atoms with Crippen LogP contribution in [0.15, 0.2) is 18.7 Å². The van der Waals surface area contributed by atoms with Crippen molar-refractivity contribution in [2.75, 3.05) is 29.9 Å². The zero-order chi connectivity index (χ0) is 15.2. The third-order valence-corrected chi connectivity index (χ3v) is 2.93. The van der Waals surface area contributed by atoms with Crippen molar-refractivity contribution >= 4 is 11.9 Å². The second-order valence-electron chi connectivity index (χ2n) is 5.19. The standard InChI is InChI=1S/C14H23N7/c1-5-16-12-17-13(20(6-2)9-11(3)4)19-14(18-12)21-8-7-15-10-21/h7-8,10-11H,5-6,9H2,1-4H3,(H,16,17,18,19). The first kappa shape index (κ1) is 15.2. The van der Waals surface area contributed by atoms with Crippen LogP contribution in [-0.4, -0.2) is 44.1 Å². The van der Waals surface area contributed by atoms with Gasteiger partial charge in [0.1, 0.15) is 6.33 Å². The van der Waals surface area contributed by atoms with E-state index < -0.39 is 0 Å². The van der Waals surface area contributed by atoms with Gasteiger partial charge in [0.15, 0.2) is 0 Å². The van der Waals surface area contributed by atoms with E-state index in [1.165, 1.54) is 0 Å². The van der Waals surface area contributed by atoms with Crippen molar-refractivity contribution in [3.05, 3.63) is 18.7 Å². The largest absolute Gasteiger partial charge is 0.354 e. The lowest BCUT2D eigenvalue weighted by Gasteiger charge is -2.23. The molecular formula is C14H23N7. The zero-order valence-electron chi connectivity index (χ0n) is 13.1. The molecule has 2 aromatic rings. The van der Waals surface area contributed by atoms with Crippen molar-refractivity contribution in [2.24, 2.45) is 5.92 Å². The summed E-state index contributed by atoms with van der Waals surface area (Å²) in [7, 11) is 0. The van der Waals surface area contributed by atoms with Gasteiger partial charge in [0, 0.05) is 32.0 Å². The Morgan fingerprint density at radius 1 is 1.24 bits per heavy atom. The summed E-state index contributed by atoms with van der Waals surface area (Å²) < 4.78 is 1.79. The van der Waals surface area contributed by atoms with Crippen molar-refractivity contribution in [1.29, 1.82) is 0 Å². The lowest BCUT2D eigenvalue weighted by atomic mass is 10.2. The Bertz CT molecular complexity index is 550. The molecule has 0 unspecified atom stereocenters. The first-order valence-corrected chi connectivity index (χ1v) is 7.37. The van der Waals surface area contributed by atoms with Crippen LogP contribution in [0.1, 0.15) is 27.7 Å². The summed E-state index contributed by atoms with van der Waals surface area (Å²) in [6.07, 6.45) is 5.23. The first-order valence-electron chi connectivity index (χ1n) is 7.37. The Morgan fingerprint density at radius 3 is 2.62 bits per heavy atom. The summed E-state index contributed by atoms with van der Waals surface area (Å²) in [5.41, 5.74) is 0. The van der Waals surface area contributed by atoms with E-state index in [-0.39, 0.29) is 0 Å². The molecule has 7 heteroatoms. The average molecular weight is 289 g/mol. The summed E-state index contributed by atoms with van der Waals surface area (Å²) >= 11 is 0. The molecule has 0 aliphatic rings. The van der Waals surface area contributed by atoms with Gasteiger partial charge in [0.05, 0.1) is 0 Å². The molecule has 0 radical (unpaired) electrons. The Labute approximate surface area is 125 Å². The zero-order valence-corrected chi connectivity index (χ0v) is 13.1. The van der Waals surface area contributed by atoms with Gasteiger partial charge in [-0.3, -0.25) is 4.57 Å². The van der Waals surface area contributed by atoms with Crippen molar-refractivity contribution in [3.63, 3.8) is 0 Å². The van der Waals surface area contributed by atoms with Crippen molar-refractivity contribution < 1.29 is 0 Å². The fourth-order valence-electron chi connectivity index (χ4n) is 2.02. The maximum atomic E-state index is 4.57. The normalized spacial score (nSPS) is 10.9. The van der Waals surface area contributed by atoms with Gasteiger partial charge in [0.2, 0.25) is 17.8 Å². The number of hydrogen-bond acceptors (Lipinski definition) is 6. The van der Waals surface area contributed by atoms with E-state index in [9.17, 15) is 0 Å². The fraction of sp³-hybridized carbons (Fsp3) is 0.571. The topological polar surface area (TPSA) is 71.8 Å². The molecule has 114 valence electrons. The fourth-order valence-corrected chi connectivity index (χ4v) is 2.02. The minimum absolute atomic E-state index is 0.543. The Balaban J connectivity index is 2.39. The molecule has 0 spiro atoms. The highest BCUT2D eigenvalue weighted by molar-refractivity contribution is 5.40. The van der Waals surface area contributed by atoms with Crippen molar-refractivity contribution in [1.82, 2.24) is 24.5 Å². The lowest BCUT2D eigenvalue weighted by molar-refractivity contribution is 0.607. The van der Waals surface area contributed by atoms with E-state index >= 15 is 0 Å². The van der Waals surface area contributed by atoms with Crippen molar-refractivity contribution in [3.8, 4) is 5.95 Å². The molecule has 0 aliphatic heterocycles. The van der Waals surface area contributed by atoms with Gasteiger partial charge in [-0.2, -0.15) is 15.0 Å². The molecule has 1 N–H and O–H groups in total. The van der Waals surface area contributed by atoms with Crippen molar-refractivity contribution in [2.45, 2.75) is 27.7 Å². The number of nitrogens with zero attached hydrogens (tertiary/aromatic N) is 6. The smallest absolute Gasteiger partial charge is 0.241 e. The predicted octanol–water partition coefficient (Wildman–Crippen LogP) is 1.97. The second kappa shape index (κ2) is 7.01. The number of aromatic nitrogens is 5. The molecule has 0 atom stereocenters. The highest BCUT2D eigenvalue weighted by Crippen LogP contribution is 2.14. The van der Waals surface area contributed by atoms with E-state index in [1.54, 1.807) is 17.1 Å². The Hall–Kier alpha value is -2.18. The number of anilines is 2. The van der Waals surface area contributed by atoms with Crippen LogP contribution in [0.25, 0.3) is 5.95 Å². The van der Waals surface area contributed by atoms with E-state index in [0.29, 0.717) is 23.8 Å². The summed E-state index contributed by atoms with van der Waals surface area (Å²) in [6, 6.07) is 0. The van der Waals surface area contributed by atoms with E-state index in [4.69, 9.17) is 0 Å². The number of nitrogens with one attached hydrogen (secondary N) is 1. The Morgan fingerprint density at radius 2 is 2.05 bits per heavy atom. The van der Waals surface area contributed by atoms with Crippen LogP contribution < -0.4 is 10.2 Å². The minimum atomic E-state index is 0.543. The van der Waals surface area contributed by atoms with Crippen LogP contribution in [0, 0.1) is 5.92 Å². The maximum Gasteiger partial charge on any atom is 0.241 e.